The van der Waals surface area contributed by atoms with E-state index >= 15 is 0 Å². The number of nitrogens with zero attached hydrogens (tertiary/aromatic N) is 1. The van der Waals surface area contributed by atoms with Gasteiger partial charge in [-0.05, 0) is 36.2 Å². The largest absolute Gasteiger partial charge is 0.324 e. The van der Waals surface area contributed by atoms with Gasteiger partial charge >= 0.3 is 0 Å². The van der Waals surface area contributed by atoms with Gasteiger partial charge in [-0.3, -0.25) is 0 Å². The Bertz CT molecular complexity index is 666. The van der Waals surface area contributed by atoms with Crippen molar-refractivity contribution in [1.29, 1.82) is 0 Å². The molecule has 2 N–H and O–H groups in total. The van der Waals surface area contributed by atoms with Crippen molar-refractivity contribution < 1.29 is 0 Å². The van der Waals surface area contributed by atoms with E-state index in [2.05, 4.69) is 53.1 Å². The van der Waals surface area contributed by atoms with Gasteiger partial charge in [-0.15, -0.1) is 0 Å². The molecule has 2 aromatic heterocycles. The van der Waals surface area contributed by atoms with Gasteiger partial charge in [0.15, 0.2) is 0 Å². The standard InChI is InChI=1S/C16H16N2/c1-12(17)15-11-14-9-5-6-10-18(14)16(15)13-7-3-2-4-8-13/h2-12H,17H2,1H3. The molecule has 2 heterocycles. The molecule has 0 saturated heterocycles. The molecule has 0 amide bonds. The van der Waals surface area contributed by atoms with Crippen LogP contribution >= 0.6 is 0 Å². The number of nitrogens with two attached hydrogens (primary N) is 1. The van der Waals surface area contributed by atoms with Crippen LogP contribution in [0.5, 0.6) is 0 Å². The van der Waals surface area contributed by atoms with Crippen LogP contribution in [0.2, 0.25) is 0 Å². The molecule has 0 aliphatic heterocycles. The molecule has 18 heavy (non-hydrogen) atoms. The molecular formula is C16H16N2. The van der Waals surface area contributed by atoms with Gasteiger partial charge in [0.25, 0.3) is 0 Å². The summed E-state index contributed by atoms with van der Waals surface area (Å²) in [5, 5.41) is 0. The van der Waals surface area contributed by atoms with Crippen LogP contribution in [0.3, 0.4) is 0 Å². The number of hydrogen-bond acceptors (Lipinski definition) is 1. The Morgan fingerprint density at radius 3 is 2.44 bits per heavy atom. The predicted molar refractivity (Wildman–Crippen MR) is 75.4 cm³/mol. The van der Waals surface area contributed by atoms with E-state index in [9.17, 15) is 0 Å². The molecule has 1 unspecified atom stereocenters. The Morgan fingerprint density at radius 2 is 1.72 bits per heavy atom. The highest BCUT2D eigenvalue weighted by atomic mass is 14.9. The SMILES string of the molecule is CC(N)c1cc2ccccn2c1-c1ccccc1. The molecule has 0 bridgehead atoms. The lowest BCUT2D eigenvalue weighted by atomic mass is 10.0. The summed E-state index contributed by atoms with van der Waals surface area (Å²) in [6.45, 7) is 2.03. The molecule has 0 aliphatic carbocycles. The quantitative estimate of drug-likeness (QED) is 0.723. The minimum Gasteiger partial charge on any atom is -0.324 e. The lowest BCUT2D eigenvalue weighted by Gasteiger charge is -2.09. The van der Waals surface area contributed by atoms with E-state index in [1.165, 1.54) is 22.3 Å². The molecule has 2 heteroatoms. The minimum atomic E-state index is 0.0279. The molecule has 0 spiro atoms. The smallest absolute Gasteiger partial charge is 0.0576 e. The van der Waals surface area contributed by atoms with Crippen molar-refractivity contribution in [2.24, 2.45) is 5.73 Å². The van der Waals surface area contributed by atoms with Crippen LogP contribution in [-0.2, 0) is 0 Å². The van der Waals surface area contributed by atoms with E-state index < -0.39 is 0 Å². The van der Waals surface area contributed by atoms with Crippen molar-refractivity contribution in [3.63, 3.8) is 0 Å². The van der Waals surface area contributed by atoms with Gasteiger partial charge in [-0.1, -0.05) is 36.4 Å². The van der Waals surface area contributed by atoms with Gasteiger partial charge in [0.05, 0.1) is 5.69 Å². The van der Waals surface area contributed by atoms with Crippen molar-refractivity contribution in [3.05, 3.63) is 66.4 Å². The van der Waals surface area contributed by atoms with Gasteiger partial charge in [0.1, 0.15) is 0 Å². The maximum atomic E-state index is 6.10. The Hall–Kier alpha value is -2.06. The Balaban J connectivity index is 2.35. The lowest BCUT2D eigenvalue weighted by molar-refractivity contribution is 0.820. The molecule has 0 fully saturated rings. The van der Waals surface area contributed by atoms with Crippen LogP contribution < -0.4 is 5.73 Å². The van der Waals surface area contributed by atoms with Crippen LogP contribution in [0.1, 0.15) is 18.5 Å². The third-order valence-electron chi connectivity index (χ3n) is 3.25. The second kappa shape index (κ2) is 4.31. The summed E-state index contributed by atoms with van der Waals surface area (Å²) in [6.07, 6.45) is 2.09. The van der Waals surface area contributed by atoms with Crippen molar-refractivity contribution >= 4 is 5.52 Å². The first-order valence-electron chi connectivity index (χ1n) is 6.18. The average Bonchev–Trinajstić information content (AvgIpc) is 2.79. The van der Waals surface area contributed by atoms with Crippen LogP contribution in [0.15, 0.2) is 60.8 Å². The van der Waals surface area contributed by atoms with E-state index in [0.29, 0.717) is 0 Å². The third kappa shape index (κ3) is 1.71. The molecule has 90 valence electrons. The second-order valence-electron chi connectivity index (χ2n) is 4.60. The van der Waals surface area contributed by atoms with E-state index in [4.69, 9.17) is 5.73 Å². The maximum Gasteiger partial charge on any atom is 0.0576 e. The Morgan fingerprint density at radius 1 is 1.00 bits per heavy atom. The molecule has 0 aliphatic rings. The van der Waals surface area contributed by atoms with E-state index in [1.807, 2.05) is 19.1 Å². The highest BCUT2D eigenvalue weighted by Gasteiger charge is 2.14. The fourth-order valence-corrected chi connectivity index (χ4v) is 2.39. The molecule has 0 saturated carbocycles. The first kappa shape index (κ1) is 11.1. The zero-order chi connectivity index (χ0) is 12.5. The van der Waals surface area contributed by atoms with Gasteiger partial charge in [-0.25, -0.2) is 0 Å². The molecule has 0 radical (unpaired) electrons. The van der Waals surface area contributed by atoms with Gasteiger partial charge in [0, 0.05) is 17.8 Å². The molecule has 3 rings (SSSR count). The minimum absolute atomic E-state index is 0.0279. The first-order chi connectivity index (χ1) is 8.77. The third-order valence-corrected chi connectivity index (χ3v) is 3.25. The van der Waals surface area contributed by atoms with Crippen LogP contribution in [0.4, 0.5) is 0 Å². The molecule has 2 nitrogen and oxygen atoms in total. The molecule has 1 atom stereocenters. The zero-order valence-corrected chi connectivity index (χ0v) is 10.4. The van der Waals surface area contributed by atoms with E-state index in [0.717, 1.165) is 0 Å². The number of benzene rings is 1. The van der Waals surface area contributed by atoms with Gasteiger partial charge in [-0.2, -0.15) is 0 Å². The number of hydrogen-bond donors (Lipinski definition) is 1. The summed E-state index contributed by atoms with van der Waals surface area (Å²) >= 11 is 0. The number of aromatic nitrogens is 1. The highest BCUT2D eigenvalue weighted by Crippen LogP contribution is 2.30. The van der Waals surface area contributed by atoms with Crippen molar-refractivity contribution in [2.45, 2.75) is 13.0 Å². The highest BCUT2D eigenvalue weighted by molar-refractivity contribution is 5.72. The summed E-state index contributed by atoms with van der Waals surface area (Å²) in [6, 6.07) is 18.8. The zero-order valence-electron chi connectivity index (χ0n) is 10.4. The van der Waals surface area contributed by atoms with Gasteiger partial charge < -0.3 is 10.1 Å². The maximum absolute atomic E-state index is 6.10. The monoisotopic (exact) mass is 236 g/mol. The van der Waals surface area contributed by atoms with Gasteiger partial charge in [0.2, 0.25) is 0 Å². The second-order valence-corrected chi connectivity index (χ2v) is 4.60. The fraction of sp³-hybridized carbons (Fsp3) is 0.125. The van der Waals surface area contributed by atoms with Crippen LogP contribution in [0, 0.1) is 0 Å². The summed E-state index contributed by atoms with van der Waals surface area (Å²) < 4.78 is 2.20. The Kier molecular flexibility index (Phi) is 2.65. The average molecular weight is 236 g/mol. The topological polar surface area (TPSA) is 30.4 Å². The summed E-state index contributed by atoms with van der Waals surface area (Å²) in [7, 11) is 0. The van der Waals surface area contributed by atoms with Crippen molar-refractivity contribution in [3.8, 4) is 11.3 Å². The fourth-order valence-electron chi connectivity index (χ4n) is 2.39. The molecule has 3 aromatic rings. The summed E-state index contributed by atoms with van der Waals surface area (Å²) in [4.78, 5) is 0. The predicted octanol–water partition coefficient (Wildman–Crippen LogP) is 3.63. The molecular weight excluding hydrogens is 220 g/mol. The molecule has 1 aromatic carbocycles. The number of rotatable bonds is 2. The first-order valence-corrected chi connectivity index (χ1v) is 6.18. The summed E-state index contributed by atoms with van der Waals surface area (Å²) in [5.41, 5.74) is 10.9. The van der Waals surface area contributed by atoms with E-state index in [1.54, 1.807) is 0 Å². The Labute approximate surface area is 107 Å². The normalized spacial score (nSPS) is 12.8. The summed E-state index contributed by atoms with van der Waals surface area (Å²) in [5.74, 6) is 0. The van der Waals surface area contributed by atoms with Crippen LogP contribution in [-0.4, -0.2) is 4.40 Å². The number of fused-ring (bicyclic) bond motifs is 1. The van der Waals surface area contributed by atoms with E-state index in [-0.39, 0.29) is 6.04 Å². The van der Waals surface area contributed by atoms with Crippen LogP contribution in [0.25, 0.3) is 16.8 Å². The number of pyridine rings is 1. The van der Waals surface area contributed by atoms with Crippen molar-refractivity contribution in [2.75, 3.05) is 0 Å². The lowest BCUT2D eigenvalue weighted by Crippen LogP contribution is -2.05. The van der Waals surface area contributed by atoms with Crippen molar-refractivity contribution in [1.82, 2.24) is 4.40 Å².